The molecule has 1 saturated carbocycles. The van der Waals surface area contributed by atoms with Crippen LogP contribution in [0.3, 0.4) is 0 Å². The van der Waals surface area contributed by atoms with Crippen LogP contribution in [0.5, 0.6) is 5.75 Å². The molecule has 0 heterocycles. The molecule has 0 amide bonds. The lowest BCUT2D eigenvalue weighted by atomic mass is 9.83. The van der Waals surface area contributed by atoms with Crippen molar-refractivity contribution in [3.63, 3.8) is 0 Å². The molecule has 0 bridgehead atoms. The average Bonchev–Trinajstić information content (AvgIpc) is 2.30. The number of Topliss-reactive ketones (excluding diaryl/α,β-unsaturated/α-hetero) is 1. The van der Waals surface area contributed by atoms with Crippen molar-refractivity contribution in [3.05, 3.63) is 28.2 Å². The minimum Gasteiger partial charge on any atom is -0.496 e. The molecule has 1 aromatic rings. The maximum atomic E-state index is 11.2. The summed E-state index contributed by atoms with van der Waals surface area (Å²) in [5.41, 5.74) is 1.23. The molecule has 2 rings (SSSR count). The summed E-state index contributed by atoms with van der Waals surface area (Å²) in [5, 5.41) is 0. The van der Waals surface area contributed by atoms with E-state index in [0.717, 1.165) is 23.1 Å². The molecule has 0 spiro atoms. The van der Waals surface area contributed by atoms with E-state index < -0.39 is 0 Å². The van der Waals surface area contributed by atoms with Gasteiger partial charge in [-0.2, -0.15) is 0 Å². The lowest BCUT2D eigenvalue weighted by Crippen LogP contribution is -2.13. The smallest absolute Gasteiger partial charge is 0.132 e. The van der Waals surface area contributed by atoms with E-state index in [1.807, 2.05) is 12.1 Å². The zero-order valence-corrected chi connectivity index (χ0v) is 10.9. The summed E-state index contributed by atoms with van der Waals surface area (Å²) in [4.78, 5) is 11.2. The summed E-state index contributed by atoms with van der Waals surface area (Å²) in [6.45, 7) is 0. The highest BCUT2D eigenvalue weighted by Crippen LogP contribution is 2.37. The van der Waals surface area contributed by atoms with Crippen molar-refractivity contribution < 1.29 is 9.53 Å². The molecule has 0 saturated heterocycles. The molecule has 0 N–H and O–H groups in total. The predicted molar refractivity (Wildman–Crippen MR) is 66.9 cm³/mol. The van der Waals surface area contributed by atoms with Gasteiger partial charge in [0, 0.05) is 17.3 Å². The van der Waals surface area contributed by atoms with Crippen LogP contribution < -0.4 is 4.74 Å². The summed E-state index contributed by atoms with van der Waals surface area (Å²) >= 11 is 3.48. The van der Waals surface area contributed by atoms with Crippen molar-refractivity contribution >= 4 is 21.7 Å². The van der Waals surface area contributed by atoms with Gasteiger partial charge < -0.3 is 4.74 Å². The van der Waals surface area contributed by atoms with Gasteiger partial charge >= 0.3 is 0 Å². The Kier molecular flexibility index (Phi) is 3.64. The van der Waals surface area contributed by atoms with Crippen LogP contribution in [0.1, 0.15) is 37.2 Å². The highest BCUT2D eigenvalue weighted by molar-refractivity contribution is 9.10. The van der Waals surface area contributed by atoms with Gasteiger partial charge in [0.15, 0.2) is 0 Å². The fourth-order valence-corrected chi connectivity index (χ4v) is 2.65. The van der Waals surface area contributed by atoms with Crippen molar-refractivity contribution in [1.82, 2.24) is 0 Å². The lowest BCUT2D eigenvalue weighted by molar-refractivity contribution is -0.120. The van der Waals surface area contributed by atoms with Crippen molar-refractivity contribution in [2.45, 2.75) is 31.6 Å². The van der Waals surface area contributed by atoms with E-state index in [4.69, 9.17) is 4.74 Å². The quantitative estimate of drug-likeness (QED) is 0.827. The number of halogens is 1. The SMILES string of the molecule is COc1ccc(Br)cc1C1CCC(=O)CC1. The molecule has 0 atom stereocenters. The van der Waals surface area contributed by atoms with Crippen LogP contribution in [-0.2, 0) is 4.79 Å². The number of ketones is 1. The minimum absolute atomic E-state index is 0.394. The molecule has 1 fully saturated rings. The Morgan fingerprint density at radius 3 is 2.62 bits per heavy atom. The first-order valence-electron chi connectivity index (χ1n) is 5.56. The first-order valence-corrected chi connectivity index (χ1v) is 6.35. The number of hydrogen-bond donors (Lipinski definition) is 0. The van der Waals surface area contributed by atoms with Gasteiger partial charge in [-0.05, 0) is 42.5 Å². The van der Waals surface area contributed by atoms with E-state index in [2.05, 4.69) is 22.0 Å². The molecule has 2 nitrogen and oxygen atoms in total. The molecule has 16 heavy (non-hydrogen) atoms. The second kappa shape index (κ2) is 5.00. The molecular weight excluding hydrogens is 268 g/mol. The minimum atomic E-state index is 0.394. The standard InChI is InChI=1S/C13H15BrO2/c1-16-13-7-4-10(14)8-12(13)9-2-5-11(15)6-3-9/h4,7-9H,2-3,5-6H2,1H3. The number of rotatable bonds is 2. The summed E-state index contributed by atoms with van der Waals surface area (Å²) in [7, 11) is 1.70. The van der Waals surface area contributed by atoms with Crippen molar-refractivity contribution in [1.29, 1.82) is 0 Å². The molecule has 1 aliphatic rings. The van der Waals surface area contributed by atoms with E-state index in [1.54, 1.807) is 7.11 Å². The highest BCUT2D eigenvalue weighted by atomic mass is 79.9. The Morgan fingerprint density at radius 2 is 2.00 bits per heavy atom. The van der Waals surface area contributed by atoms with E-state index >= 15 is 0 Å². The van der Waals surface area contributed by atoms with Gasteiger partial charge in [-0.3, -0.25) is 4.79 Å². The monoisotopic (exact) mass is 282 g/mol. The summed E-state index contributed by atoms with van der Waals surface area (Å²) < 4.78 is 6.44. The Hall–Kier alpha value is -0.830. The van der Waals surface area contributed by atoms with Crippen molar-refractivity contribution in [2.24, 2.45) is 0 Å². The molecule has 1 aliphatic carbocycles. The van der Waals surface area contributed by atoms with Gasteiger partial charge in [0.05, 0.1) is 7.11 Å². The van der Waals surface area contributed by atoms with E-state index in [9.17, 15) is 4.79 Å². The third kappa shape index (κ3) is 2.46. The number of benzene rings is 1. The van der Waals surface area contributed by atoms with Crippen molar-refractivity contribution in [3.8, 4) is 5.75 Å². The Morgan fingerprint density at radius 1 is 1.31 bits per heavy atom. The third-order valence-corrected chi connectivity index (χ3v) is 3.67. The molecular formula is C13H15BrO2. The topological polar surface area (TPSA) is 26.3 Å². The predicted octanol–water partition coefficient (Wildman–Crippen LogP) is 3.68. The van der Waals surface area contributed by atoms with Crippen LogP contribution in [0.4, 0.5) is 0 Å². The Labute approximate surface area is 104 Å². The summed E-state index contributed by atoms with van der Waals surface area (Å²) in [5.74, 6) is 1.79. The third-order valence-electron chi connectivity index (χ3n) is 3.17. The molecule has 3 heteroatoms. The second-order valence-electron chi connectivity index (χ2n) is 4.20. The van der Waals surface area contributed by atoms with E-state index in [-0.39, 0.29) is 0 Å². The van der Waals surface area contributed by atoms with Crippen LogP contribution in [-0.4, -0.2) is 12.9 Å². The number of hydrogen-bond acceptors (Lipinski definition) is 2. The largest absolute Gasteiger partial charge is 0.496 e. The van der Waals surface area contributed by atoms with Crippen LogP contribution in [0.25, 0.3) is 0 Å². The molecule has 0 aliphatic heterocycles. The van der Waals surface area contributed by atoms with Gasteiger partial charge in [-0.15, -0.1) is 0 Å². The zero-order valence-electron chi connectivity index (χ0n) is 9.33. The number of ether oxygens (including phenoxy) is 1. The number of carbonyl (C=O) groups is 1. The maximum absolute atomic E-state index is 11.2. The normalized spacial score (nSPS) is 17.5. The van der Waals surface area contributed by atoms with Gasteiger partial charge in [0.2, 0.25) is 0 Å². The first-order chi connectivity index (χ1) is 7.70. The molecule has 86 valence electrons. The van der Waals surface area contributed by atoms with Crippen LogP contribution in [0.15, 0.2) is 22.7 Å². The maximum Gasteiger partial charge on any atom is 0.132 e. The molecule has 1 aromatic carbocycles. The van der Waals surface area contributed by atoms with Gasteiger partial charge in [-0.1, -0.05) is 15.9 Å². The van der Waals surface area contributed by atoms with Crippen molar-refractivity contribution in [2.75, 3.05) is 7.11 Å². The van der Waals surface area contributed by atoms with Crippen LogP contribution >= 0.6 is 15.9 Å². The Balaban J connectivity index is 2.24. The Bertz CT molecular complexity index is 391. The summed E-state index contributed by atoms with van der Waals surface area (Å²) in [6.07, 6.45) is 3.32. The van der Waals surface area contributed by atoms with Crippen LogP contribution in [0.2, 0.25) is 0 Å². The van der Waals surface area contributed by atoms with Gasteiger partial charge in [-0.25, -0.2) is 0 Å². The molecule has 0 unspecified atom stereocenters. The van der Waals surface area contributed by atoms with E-state index in [0.29, 0.717) is 24.5 Å². The second-order valence-corrected chi connectivity index (χ2v) is 5.11. The van der Waals surface area contributed by atoms with Gasteiger partial charge in [0.25, 0.3) is 0 Å². The fourth-order valence-electron chi connectivity index (χ4n) is 2.28. The average molecular weight is 283 g/mol. The molecule has 0 aromatic heterocycles. The van der Waals surface area contributed by atoms with Gasteiger partial charge in [0.1, 0.15) is 11.5 Å². The lowest BCUT2D eigenvalue weighted by Gasteiger charge is -2.23. The van der Waals surface area contributed by atoms with Crippen LogP contribution in [0, 0.1) is 0 Å². The van der Waals surface area contributed by atoms with E-state index in [1.165, 1.54) is 5.56 Å². The highest BCUT2D eigenvalue weighted by Gasteiger charge is 2.22. The number of carbonyl (C=O) groups excluding carboxylic acids is 1. The first kappa shape index (κ1) is 11.6. The summed E-state index contributed by atoms with van der Waals surface area (Å²) in [6, 6.07) is 6.07. The number of methoxy groups -OCH3 is 1. The molecule has 0 radical (unpaired) electrons. The zero-order chi connectivity index (χ0) is 11.5. The fraction of sp³-hybridized carbons (Fsp3) is 0.462.